The van der Waals surface area contributed by atoms with Crippen LogP contribution >= 0.6 is 0 Å². The zero-order valence-corrected chi connectivity index (χ0v) is 7.46. The summed E-state index contributed by atoms with van der Waals surface area (Å²) in [5.74, 6) is -1.32. The van der Waals surface area contributed by atoms with Crippen LogP contribution in [0.15, 0.2) is 0 Å². The SMILES string of the molecule is CC.O=C(O)CC1CCNC1=O. The maximum Gasteiger partial charge on any atom is 0.304 e. The summed E-state index contributed by atoms with van der Waals surface area (Å²) in [7, 11) is 0. The van der Waals surface area contributed by atoms with Crippen molar-refractivity contribution in [3.63, 3.8) is 0 Å². The van der Waals surface area contributed by atoms with E-state index in [0.29, 0.717) is 13.0 Å². The molecule has 1 rings (SSSR count). The molecule has 0 spiro atoms. The first kappa shape index (κ1) is 10.9. The molecule has 1 saturated heterocycles. The van der Waals surface area contributed by atoms with Crippen molar-refractivity contribution in [2.75, 3.05) is 6.54 Å². The van der Waals surface area contributed by atoms with E-state index in [-0.39, 0.29) is 18.2 Å². The third-order valence-corrected chi connectivity index (χ3v) is 1.58. The number of carboxylic acids is 1. The summed E-state index contributed by atoms with van der Waals surface area (Å²) in [6.45, 7) is 4.62. The zero-order chi connectivity index (χ0) is 9.56. The lowest BCUT2D eigenvalue weighted by Gasteiger charge is -1.99. The highest BCUT2D eigenvalue weighted by Gasteiger charge is 2.25. The second-order valence-corrected chi connectivity index (χ2v) is 2.37. The molecule has 70 valence electrons. The van der Waals surface area contributed by atoms with E-state index in [2.05, 4.69) is 5.32 Å². The number of rotatable bonds is 2. The van der Waals surface area contributed by atoms with Gasteiger partial charge in [0.1, 0.15) is 0 Å². The molecule has 0 aliphatic carbocycles. The fraction of sp³-hybridized carbons (Fsp3) is 0.750. The summed E-state index contributed by atoms with van der Waals surface area (Å²) in [6.07, 6.45) is 0.622. The average molecular weight is 173 g/mol. The first-order valence-corrected chi connectivity index (χ1v) is 4.19. The van der Waals surface area contributed by atoms with Crippen molar-refractivity contribution in [2.24, 2.45) is 5.92 Å². The second kappa shape index (κ2) is 5.57. The highest BCUT2D eigenvalue weighted by molar-refractivity contribution is 5.84. The lowest BCUT2D eigenvalue weighted by atomic mass is 10.1. The Hall–Kier alpha value is -1.06. The number of hydrogen-bond acceptors (Lipinski definition) is 2. The molecule has 0 aromatic carbocycles. The molecule has 0 aromatic heterocycles. The number of nitrogens with one attached hydrogen (secondary N) is 1. The van der Waals surface area contributed by atoms with Gasteiger partial charge in [0.25, 0.3) is 0 Å². The molecule has 4 nitrogen and oxygen atoms in total. The molecule has 1 atom stereocenters. The zero-order valence-electron chi connectivity index (χ0n) is 7.46. The lowest BCUT2D eigenvalue weighted by Crippen LogP contribution is -2.20. The monoisotopic (exact) mass is 173 g/mol. The van der Waals surface area contributed by atoms with E-state index in [1.165, 1.54) is 0 Å². The van der Waals surface area contributed by atoms with Crippen molar-refractivity contribution in [3.05, 3.63) is 0 Å². The molecule has 0 bridgehead atoms. The molecule has 1 heterocycles. The topological polar surface area (TPSA) is 66.4 Å². The Morgan fingerprint density at radius 2 is 2.25 bits per heavy atom. The van der Waals surface area contributed by atoms with Gasteiger partial charge in [-0.1, -0.05) is 13.8 Å². The molecule has 2 N–H and O–H groups in total. The Labute approximate surface area is 72.0 Å². The second-order valence-electron chi connectivity index (χ2n) is 2.37. The van der Waals surface area contributed by atoms with Gasteiger partial charge in [-0.05, 0) is 6.42 Å². The molecule has 1 amide bonds. The Balaban J connectivity index is 0.000000561. The van der Waals surface area contributed by atoms with Crippen LogP contribution in [0.5, 0.6) is 0 Å². The van der Waals surface area contributed by atoms with Gasteiger partial charge in [-0.15, -0.1) is 0 Å². The number of aliphatic carboxylic acids is 1. The highest BCUT2D eigenvalue weighted by atomic mass is 16.4. The van der Waals surface area contributed by atoms with Crippen molar-refractivity contribution < 1.29 is 14.7 Å². The molecular formula is C8H15NO3. The van der Waals surface area contributed by atoms with Crippen LogP contribution in [0.4, 0.5) is 0 Å². The maximum atomic E-state index is 10.7. The van der Waals surface area contributed by atoms with Crippen molar-refractivity contribution in [2.45, 2.75) is 26.7 Å². The van der Waals surface area contributed by atoms with Crippen molar-refractivity contribution in [1.82, 2.24) is 5.32 Å². The highest BCUT2D eigenvalue weighted by Crippen LogP contribution is 2.12. The number of carboxylic acid groups (broad SMARTS) is 1. The molecule has 1 unspecified atom stereocenters. The minimum absolute atomic E-state index is 0.0359. The van der Waals surface area contributed by atoms with Gasteiger partial charge in [-0.25, -0.2) is 0 Å². The fourth-order valence-corrected chi connectivity index (χ4v) is 1.05. The summed E-state index contributed by atoms with van der Waals surface area (Å²) in [4.78, 5) is 20.9. The summed E-state index contributed by atoms with van der Waals surface area (Å²) in [6, 6.07) is 0. The van der Waals surface area contributed by atoms with E-state index >= 15 is 0 Å². The van der Waals surface area contributed by atoms with Gasteiger partial charge >= 0.3 is 5.97 Å². The first-order valence-electron chi connectivity index (χ1n) is 4.19. The van der Waals surface area contributed by atoms with E-state index in [9.17, 15) is 9.59 Å². The molecule has 4 heteroatoms. The molecule has 1 fully saturated rings. The molecular weight excluding hydrogens is 158 g/mol. The van der Waals surface area contributed by atoms with Crippen LogP contribution in [-0.2, 0) is 9.59 Å². The van der Waals surface area contributed by atoms with Gasteiger partial charge in [0.15, 0.2) is 0 Å². The van der Waals surface area contributed by atoms with Crippen LogP contribution in [0.25, 0.3) is 0 Å². The van der Waals surface area contributed by atoms with Crippen LogP contribution in [0.3, 0.4) is 0 Å². The minimum atomic E-state index is -0.901. The van der Waals surface area contributed by atoms with Crippen LogP contribution in [0.2, 0.25) is 0 Å². The number of amides is 1. The lowest BCUT2D eigenvalue weighted by molar-refractivity contribution is -0.140. The minimum Gasteiger partial charge on any atom is -0.481 e. The quantitative estimate of drug-likeness (QED) is 0.643. The van der Waals surface area contributed by atoms with Gasteiger partial charge in [0.05, 0.1) is 12.3 Å². The van der Waals surface area contributed by atoms with Crippen LogP contribution in [-0.4, -0.2) is 23.5 Å². The fourth-order valence-electron chi connectivity index (χ4n) is 1.05. The number of hydrogen-bond donors (Lipinski definition) is 2. The third-order valence-electron chi connectivity index (χ3n) is 1.58. The van der Waals surface area contributed by atoms with Crippen LogP contribution in [0, 0.1) is 5.92 Å². The Kier molecular flexibility index (Phi) is 5.08. The smallest absolute Gasteiger partial charge is 0.304 e. The van der Waals surface area contributed by atoms with Gasteiger partial charge < -0.3 is 10.4 Å². The predicted octanol–water partition coefficient (Wildman–Crippen LogP) is 0.623. The summed E-state index contributed by atoms with van der Waals surface area (Å²) >= 11 is 0. The Morgan fingerprint density at radius 1 is 1.67 bits per heavy atom. The largest absolute Gasteiger partial charge is 0.481 e. The van der Waals surface area contributed by atoms with Crippen LogP contribution < -0.4 is 5.32 Å². The van der Waals surface area contributed by atoms with Crippen molar-refractivity contribution in [1.29, 1.82) is 0 Å². The molecule has 0 aromatic rings. The van der Waals surface area contributed by atoms with Gasteiger partial charge in [0.2, 0.25) is 5.91 Å². The standard InChI is InChI=1S/C6H9NO3.C2H6/c8-5(9)3-4-1-2-7-6(4)10;1-2/h4H,1-3H2,(H,7,10)(H,8,9);1-2H3. The van der Waals surface area contributed by atoms with E-state index in [4.69, 9.17) is 5.11 Å². The van der Waals surface area contributed by atoms with Crippen LogP contribution in [0.1, 0.15) is 26.7 Å². The predicted molar refractivity (Wildman–Crippen MR) is 44.7 cm³/mol. The molecule has 12 heavy (non-hydrogen) atoms. The Bertz CT molecular complexity index is 168. The molecule has 1 aliphatic heterocycles. The number of carbonyl (C=O) groups is 2. The van der Waals surface area contributed by atoms with Gasteiger partial charge in [-0.3, -0.25) is 9.59 Å². The summed E-state index contributed by atoms with van der Waals surface area (Å²) in [5.41, 5.74) is 0. The Morgan fingerprint density at radius 3 is 2.58 bits per heavy atom. The number of carbonyl (C=O) groups excluding carboxylic acids is 1. The third kappa shape index (κ3) is 3.37. The van der Waals surface area contributed by atoms with Crippen molar-refractivity contribution >= 4 is 11.9 Å². The van der Waals surface area contributed by atoms with E-state index in [0.717, 1.165) is 0 Å². The van der Waals surface area contributed by atoms with Crippen molar-refractivity contribution in [3.8, 4) is 0 Å². The van der Waals surface area contributed by atoms with E-state index < -0.39 is 5.97 Å². The average Bonchev–Trinajstić information content (AvgIpc) is 2.40. The first-order chi connectivity index (χ1) is 5.70. The van der Waals surface area contributed by atoms with Gasteiger partial charge in [-0.2, -0.15) is 0 Å². The van der Waals surface area contributed by atoms with E-state index in [1.54, 1.807) is 0 Å². The normalized spacial score (nSPS) is 20.8. The molecule has 0 radical (unpaired) electrons. The summed E-state index contributed by atoms with van der Waals surface area (Å²) in [5, 5.41) is 10.9. The van der Waals surface area contributed by atoms with Gasteiger partial charge in [0, 0.05) is 6.54 Å². The maximum absolute atomic E-state index is 10.7. The summed E-state index contributed by atoms with van der Waals surface area (Å²) < 4.78 is 0. The molecule has 1 aliphatic rings. The molecule has 0 saturated carbocycles. The van der Waals surface area contributed by atoms with E-state index in [1.807, 2.05) is 13.8 Å².